The van der Waals surface area contributed by atoms with E-state index in [0.29, 0.717) is 54.8 Å². The Kier molecular flexibility index (Phi) is 7.28. The number of fused-ring (bicyclic) bond motifs is 1. The molecule has 0 saturated carbocycles. The lowest BCUT2D eigenvalue weighted by atomic mass is 10.1. The Hall–Kier alpha value is -3.76. The van der Waals surface area contributed by atoms with Crippen molar-refractivity contribution >= 4 is 11.4 Å². The van der Waals surface area contributed by atoms with Crippen LogP contribution >= 0.6 is 0 Å². The third-order valence-corrected chi connectivity index (χ3v) is 4.91. The van der Waals surface area contributed by atoms with Gasteiger partial charge in [-0.2, -0.15) is 9.61 Å². The third kappa shape index (κ3) is 5.54. The van der Waals surface area contributed by atoms with Crippen molar-refractivity contribution in [3.63, 3.8) is 0 Å². The lowest BCUT2D eigenvalue weighted by Gasteiger charge is -2.07. The summed E-state index contributed by atoms with van der Waals surface area (Å²) in [4.78, 5) is 21.1. The molecule has 0 aliphatic rings. The highest BCUT2D eigenvalue weighted by atomic mass is 16.5. The summed E-state index contributed by atoms with van der Waals surface area (Å²) in [5, 5.41) is 21.8. The van der Waals surface area contributed by atoms with Crippen LogP contribution < -0.4 is 4.74 Å². The summed E-state index contributed by atoms with van der Waals surface area (Å²) in [6.45, 7) is 0.896. The van der Waals surface area contributed by atoms with E-state index in [4.69, 9.17) is 14.6 Å². The molecule has 4 aromatic rings. The van der Waals surface area contributed by atoms with E-state index in [1.165, 1.54) is 0 Å². The first-order chi connectivity index (χ1) is 16.2. The number of aliphatic hydroxyl groups excluding tert-OH is 1. The average Bonchev–Trinajstić information content (AvgIpc) is 3.25. The SMILES string of the molecule is COCCOc1cnc(-c2cccc(Cc3nnc4ccc(C(=O)CCCO)nn34)c2)nc1. The van der Waals surface area contributed by atoms with Gasteiger partial charge in [0.25, 0.3) is 0 Å². The fourth-order valence-corrected chi connectivity index (χ4v) is 3.25. The Morgan fingerprint density at radius 1 is 1.09 bits per heavy atom. The van der Waals surface area contributed by atoms with Crippen LogP contribution in [0.4, 0.5) is 0 Å². The molecule has 170 valence electrons. The molecule has 4 rings (SSSR count). The highest BCUT2D eigenvalue weighted by Gasteiger charge is 2.13. The second-order valence-electron chi connectivity index (χ2n) is 7.32. The van der Waals surface area contributed by atoms with Crippen LogP contribution in [-0.4, -0.2) is 67.6 Å². The maximum atomic E-state index is 12.3. The predicted molar refractivity (Wildman–Crippen MR) is 119 cm³/mol. The van der Waals surface area contributed by atoms with Crippen LogP contribution in [0.1, 0.15) is 34.7 Å². The first-order valence-corrected chi connectivity index (χ1v) is 10.6. The van der Waals surface area contributed by atoms with Crippen LogP contribution in [0.25, 0.3) is 17.0 Å². The smallest absolute Gasteiger partial charge is 0.183 e. The number of carbonyl (C=O) groups is 1. The zero-order valence-corrected chi connectivity index (χ0v) is 18.2. The summed E-state index contributed by atoms with van der Waals surface area (Å²) in [7, 11) is 1.62. The van der Waals surface area contributed by atoms with Gasteiger partial charge in [0.15, 0.2) is 28.8 Å². The lowest BCUT2D eigenvalue weighted by molar-refractivity contribution is 0.0965. The van der Waals surface area contributed by atoms with E-state index in [-0.39, 0.29) is 18.8 Å². The van der Waals surface area contributed by atoms with E-state index >= 15 is 0 Å². The number of ketones is 1. The zero-order chi connectivity index (χ0) is 23.0. The summed E-state index contributed by atoms with van der Waals surface area (Å²) in [6, 6.07) is 11.2. The van der Waals surface area contributed by atoms with Gasteiger partial charge in [-0.05, 0) is 30.2 Å². The van der Waals surface area contributed by atoms with Gasteiger partial charge >= 0.3 is 0 Å². The number of nitrogens with zero attached hydrogens (tertiary/aromatic N) is 6. The maximum Gasteiger partial charge on any atom is 0.183 e. The number of Topliss-reactive ketones (excluding diaryl/α,β-unsaturated/α-hetero) is 1. The topological polar surface area (TPSA) is 125 Å². The predicted octanol–water partition coefficient (Wildman–Crippen LogP) is 2.15. The maximum absolute atomic E-state index is 12.3. The van der Waals surface area contributed by atoms with Gasteiger partial charge in [0, 0.05) is 32.1 Å². The largest absolute Gasteiger partial charge is 0.488 e. The first kappa shape index (κ1) is 22.4. The molecule has 0 amide bonds. The molecule has 33 heavy (non-hydrogen) atoms. The fraction of sp³-hybridized carbons (Fsp3) is 0.304. The molecule has 0 saturated heterocycles. The summed E-state index contributed by atoms with van der Waals surface area (Å²) >= 11 is 0. The van der Waals surface area contributed by atoms with Gasteiger partial charge in [0.05, 0.1) is 19.0 Å². The van der Waals surface area contributed by atoms with Gasteiger partial charge in [0.1, 0.15) is 12.3 Å². The second kappa shape index (κ2) is 10.7. The van der Waals surface area contributed by atoms with Crippen LogP contribution in [0.15, 0.2) is 48.8 Å². The number of hydrogen-bond acceptors (Lipinski definition) is 9. The minimum Gasteiger partial charge on any atom is -0.488 e. The standard InChI is InChI=1S/C23H24N6O4/c1-32-10-11-33-18-14-24-23(25-15-18)17-5-2-4-16(12-17)13-22-27-26-21-8-7-19(28-29(21)22)20(31)6-3-9-30/h2,4-5,7-8,12,14-15,30H,3,6,9-11,13H2,1H3. The molecule has 1 aromatic carbocycles. The van der Waals surface area contributed by atoms with Crippen molar-refractivity contribution in [2.45, 2.75) is 19.3 Å². The van der Waals surface area contributed by atoms with Gasteiger partial charge < -0.3 is 14.6 Å². The molecule has 3 aromatic heterocycles. The molecule has 0 spiro atoms. The average molecular weight is 448 g/mol. The molecule has 10 heteroatoms. The molecule has 0 atom stereocenters. The van der Waals surface area contributed by atoms with E-state index in [9.17, 15) is 4.79 Å². The molecule has 10 nitrogen and oxygen atoms in total. The number of carbonyl (C=O) groups excluding carboxylic acids is 1. The number of rotatable bonds is 11. The fourth-order valence-electron chi connectivity index (χ4n) is 3.25. The summed E-state index contributed by atoms with van der Waals surface area (Å²) < 4.78 is 12.1. The molecular formula is C23H24N6O4. The summed E-state index contributed by atoms with van der Waals surface area (Å²) in [5.41, 5.74) is 2.72. The van der Waals surface area contributed by atoms with Crippen LogP contribution in [0.3, 0.4) is 0 Å². The minimum absolute atomic E-state index is 0.0323. The normalized spacial score (nSPS) is 11.1. The Balaban J connectivity index is 1.52. The van der Waals surface area contributed by atoms with E-state index in [1.807, 2.05) is 24.3 Å². The molecule has 0 aliphatic heterocycles. The van der Waals surface area contributed by atoms with E-state index < -0.39 is 0 Å². The van der Waals surface area contributed by atoms with E-state index in [1.54, 1.807) is 36.2 Å². The van der Waals surface area contributed by atoms with Crippen molar-refractivity contribution in [3.05, 3.63) is 65.9 Å². The van der Waals surface area contributed by atoms with Crippen molar-refractivity contribution in [2.75, 3.05) is 26.9 Å². The molecular weight excluding hydrogens is 424 g/mol. The Morgan fingerprint density at radius 2 is 1.94 bits per heavy atom. The van der Waals surface area contributed by atoms with Crippen molar-refractivity contribution < 1.29 is 19.4 Å². The number of ether oxygens (including phenoxy) is 2. The van der Waals surface area contributed by atoms with Crippen molar-refractivity contribution in [1.29, 1.82) is 0 Å². The van der Waals surface area contributed by atoms with E-state index in [0.717, 1.165) is 11.1 Å². The Bertz CT molecular complexity index is 1230. The highest BCUT2D eigenvalue weighted by molar-refractivity contribution is 5.94. The minimum atomic E-state index is -0.126. The number of methoxy groups -OCH3 is 1. The van der Waals surface area contributed by atoms with Gasteiger partial charge in [-0.25, -0.2) is 9.97 Å². The Morgan fingerprint density at radius 3 is 2.73 bits per heavy atom. The molecule has 0 fully saturated rings. The van der Waals surface area contributed by atoms with Gasteiger partial charge in [-0.1, -0.05) is 18.2 Å². The van der Waals surface area contributed by atoms with Gasteiger partial charge in [-0.15, -0.1) is 10.2 Å². The van der Waals surface area contributed by atoms with Gasteiger partial charge in [-0.3, -0.25) is 4.79 Å². The molecule has 0 aliphatic carbocycles. The number of hydrogen-bond donors (Lipinski definition) is 1. The number of aromatic nitrogens is 6. The molecule has 0 bridgehead atoms. The second-order valence-corrected chi connectivity index (χ2v) is 7.32. The summed E-state index contributed by atoms with van der Waals surface area (Å²) in [6.07, 6.45) is 4.38. The first-order valence-electron chi connectivity index (χ1n) is 10.6. The van der Waals surface area contributed by atoms with Gasteiger partial charge in [0.2, 0.25) is 0 Å². The molecule has 0 radical (unpaired) electrons. The third-order valence-electron chi connectivity index (χ3n) is 4.91. The highest BCUT2D eigenvalue weighted by Crippen LogP contribution is 2.20. The number of benzene rings is 1. The quantitative estimate of drug-likeness (QED) is 0.271. The lowest BCUT2D eigenvalue weighted by Crippen LogP contribution is -2.08. The zero-order valence-electron chi connectivity index (χ0n) is 18.2. The van der Waals surface area contributed by atoms with Crippen LogP contribution in [0.2, 0.25) is 0 Å². The van der Waals surface area contributed by atoms with Crippen LogP contribution in [-0.2, 0) is 11.2 Å². The molecule has 3 heterocycles. The van der Waals surface area contributed by atoms with Crippen molar-refractivity contribution in [3.8, 4) is 17.1 Å². The molecule has 0 unspecified atom stereocenters. The van der Waals surface area contributed by atoms with Crippen molar-refractivity contribution in [2.24, 2.45) is 0 Å². The van der Waals surface area contributed by atoms with Crippen LogP contribution in [0, 0.1) is 0 Å². The summed E-state index contributed by atoms with van der Waals surface area (Å²) in [5.74, 6) is 1.65. The molecule has 1 N–H and O–H groups in total. The van der Waals surface area contributed by atoms with Crippen LogP contribution in [0.5, 0.6) is 5.75 Å². The Labute approximate surface area is 190 Å². The number of aliphatic hydroxyl groups is 1. The van der Waals surface area contributed by atoms with E-state index in [2.05, 4.69) is 25.3 Å². The van der Waals surface area contributed by atoms with Crippen molar-refractivity contribution in [1.82, 2.24) is 29.8 Å². The monoisotopic (exact) mass is 448 g/mol.